The van der Waals surface area contributed by atoms with Crippen LogP contribution in [-0.4, -0.2) is 54.0 Å². The smallest absolute Gasteiger partial charge is 0.219 e. The number of hydrogen-bond donors (Lipinski definition) is 0. The molecule has 1 aromatic carbocycles. The Balaban J connectivity index is 1.54. The third-order valence-corrected chi connectivity index (χ3v) is 5.01. The molecule has 3 rings (SSSR count). The number of rotatable bonds is 5. The zero-order chi connectivity index (χ0) is 16.2. The van der Waals surface area contributed by atoms with E-state index < -0.39 is 0 Å². The molecule has 0 bridgehead atoms. The minimum atomic E-state index is -0.274. The molecule has 0 unspecified atom stereocenters. The summed E-state index contributed by atoms with van der Waals surface area (Å²) < 4.78 is 18.8. The average Bonchev–Trinajstić information content (AvgIpc) is 3.15. The van der Waals surface area contributed by atoms with Gasteiger partial charge >= 0.3 is 0 Å². The van der Waals surface area contributed by atoms with Gasteiger partial charge in [0.05, 0.1) is 0 Å². The Morgan fingerprint density at radius 2 is 2.04 bits per heavy atom. The number of carbonyl (C=O) groups excluding carboxylic acids is 1. The second-order valence-corrected chi connectivity index (χ2v) is 6.47. The van der Waals surface area contributed by atoms with Gasteiger partial charge in [0.1, 0.15) is 18.2 Å². The van der Waals surface area contributed by atoms with Crippen molar-refractivity contribution < 1.29 is 13.9 Å². The van der Waals surface area contributed by atoms with E-state index >= 15 is 0 Å². The van der Waals surface area contributed by atoms with Gasteiger partial charge in [-0.1, -0.05) is 6.07 Å². The Hall–Kier alpha value is -1.62. The first-order chi connectivity index (χ1) is 11.1. The highest BCUT2D eigenvalue weighted by atomic mass is 19.1. The largest absolute Gasteiger partial charge is 0.492 e. The van der Waals surface area contributed by atoms with E-state index in [1.54, 1.807) is 19.1 Å². The molecule has 0 aliphatic carbocycles. The van der Waals surface area contributed by atoms with Gasteiger partial charge in [-0.2, -0.15) is 0 Å². The van der Waals surface area contributed by atoms with Crippen molar-refractivity contribution in [2.24, 2.45) is 0 Å². The van der Waals surface area contributed by atoms with Crippen molar-refractivity contribution in [1.82, 2.24) is 9.80 Å². The molecule has 5 heteroatoms. The molecule has 2 saturated heterocycles. The first kappa shape index (κ1) is 16.2. The van der Waals surface area contributed by atoms with Gasteiger partial charge < -0.3 is 9.64 Å². The van der Waals surface area contributed by atoms with Crippen LogP contribution in [0.3, 0.4) is 0 Å². The van der Waals surface area contributed by atoms with E-state index in [9.17, 15) is 9.18 Å². The Morgan fingerprint density at radius 3 is 2.83 bits per heavy atom. The molecule has 0 saturated carbocycles. The van der Waals surface area contributed by atoms with E-state index in [-0.39, 0.29) is 11.7 Å². The average molecular weight is 320 g/mol. The van der Waals surface area contributed by atoms with E-state index in [2.05, 4.69) is 4.90 Å². The van der Waals surface area contributed by atoms with Crippen molar-refractivity contribution in [1.29, 1.82) is 0 Å². The summed E-state index contributed by atoms with van der Waals surface area (Å²) in [6.07, 6.45) is 4.53. The van der Waals surface area contributed by atoms with Crippen molar-refractivity contribution in [3.8, 4) is 5.75 Å². The topological polar surface area (TPSA) is 32.8 Å². The van der Waals surface area contributed by atoms with Crippen LogP contribution in [-0.2, 0) is 4.79 Å². The van der Waals surface area contributed by atoms with Crippen molar-refractivity contribution in [2.75, 3.05) is 26.2 Å². The summed E-state index contributed by atoms with van der Waals surface area (Å²) in [5, 5.41) is 0. The fraction of sp³-hybridized carbons (Fsp3) is 0.611. The number of amides is 1. The Labute approximate surface area is 137 Å². The summed E-state index contributed by atoms with van der Waals surface area (Å²) in [4.78, 5) is 16.3. The third-order valence-electron chi connectivity index (χ3n) is 5.01. The monoisotopic (exact) mass is 320 g/mol. The molecule has 0 aromatic heterocycles. The number of hydrogen-bond acceptors (Lipinski definition) is 3. The fourth-order valence-corrected chi connectivity index (χ4v) is 3.99. The molecule has 23 heavy (non-hydrogen) atoms. The van der Waals surface area contributed by atoms with E-state index in [0.717, 1.165) is 38.9 Å². The van der Waals surface area contributed by atoms with Crippen LogP contribution in [0.1, 0.15) is 32.6 Å². The van der Waals surface area contributed by atoms with Crippen LogP contribution in [0.5, 0.6) is 5.75 Å². The van der Waals surface area contributed by atoms with E-state index in [1.165, 1.54) is 18.6 Å². The Bertz CT molecular complexity index is 552. The SMILES string of the molecule is CC(=O)N1CCC[C@@H]1[C@@H]1CCCN1CCOc1cccc(F)c1. The van der Waals surface area contributed by atoms with Crippen molar-refractivity contribution in [3.05, 3.63) is 30.1 Å². The summed E-state index contributed by atoms with van der Waals surface area (Å²) in [6, 6.07) is 7.06. The Morgan fingerprint density at radius 1 is 1.26 bits per heavy atom. The number of halogens is 1. The normalized spacial score (nSPS) is 25.0. The number of likely N-dealkylation sites (tertiary alicyclic amines) is 2. The molecule has 4 nitrogen and oxygen atoms in total. The maximum atomic E-state index is 13.2. The standard InChI is InChI=1S/C18H25FN2O2/c1-14(22)21-10-4-8-18(21)17-7-3-9-20(17)11-12-23-16-6-2-5-15(19)13-16/h2,5-6,13,17-18H,3-4,7-12H2,1H3/t17-,18+/m0/s1. The summed E-state index contributed by atoms with van der Waals surface area (Å²) in [7, 11) is 0. The summed E-state index contributed by atoms with van der Waals surface area (Å²) in [5.41, 5.74) is 0. The van der Waals surface area contributed by atoms with Crippen LogP contribution in [0, 0.1) is 5.82 Å². The molecule has 2 heterocycles. The number of ether oxygens (including phenoxy) is 1. The minimum Gasteiger partial charge on any atom is -0.492 e. The van der Waals surface area contributed by atoms with Gasteiger partial charge in [0.25, 0.3) is 0 Å². The molecule has 0 spiro atoms. The maximum Gasteiger partial charge on any atom is 0.219 e. The second kappa shape index (κ2) is 7.30. The maximum absolute atomic E-state index is 13.2. The lowest BCUT2D eigenvalue weighted by Gasteiger charge is -2.34. The number of benzene rings is 1. The van der Waals surface area contributed by atoms with Crippen molar-refractivity contribution >= 4 is 5.91 Å². The molecule has 2 fully saturated rings. The number of carbonyl (C=O) groups is 1. The molecule has 2 aliphatic rings. The van der Waals surface area contributed by atoms with Gasteiger partial charge in [-0.05, 0) is 44.4 Å². The highest BCUT2D eigenvalue weighted by molar-refractivity contribution is 5.74. The van der Waals surface area contributed by atoms with Crippen molar-refractivity contribution in [3.63, 3.8) is 0 Å². The lowest BCUT2D eigenvalue weighted by atomic mass is 10.0. The molecule has 1 amide bonds. The first-order valence-electron chi connectivity index (χ1n) is 8.55. The lowest BCUT2D eigenvalue weighted by Crippen LogP contribution is -2.48. The molecule has 2 aliphatic heterocycles. The molecule has 2 atom stereocenters. The Kier molecular flexibility index (Phi) is 5.16. The van der Waals surface area contributed by atoms with Crippen LogP contribution in [0.25, 0.3) is 0 Å². The van der Waals surface area contributed by atoms with E-state index in [4.69, 9.17) is 4.74 Å². The van der Waals surface area contributed by atoms with Gasteiger partial charge in [-0.15, -0.1) is 0 Å². The van der Waals surface area contributed by atoms with Gasteiger partial charge in [0.15, 0.2) is 0 Å². The van der Waals surface area contributed by atoms with Crippen LogP contribution in [0.2, 0.25) is 0 Å². The predicted molar refractivity (Wildman–Crippen MR) is 86.9 cm³/mol. The van der Waals surface area contributed by atoms with E-state index in [1.807, 2.05) is 4.90 Å². The first-order valence-corrected chi connectivity index (χ1v) is 8.55. The highest BCUT2D eigenvalue weighted by Crippen LogP contribution is 2.29. The van der Waals surface area contributed by atoms with E-state index in [0.29, 0.717) is 24.4 Å². The zero-order valence-corrected chi connectivity index (χ0v) is 13.7. The van der Waals surface area contributed by atoms with Crippen LogP contribution < -0.4 is 4.74 Å². The highest BCUT2D eigenvalue weighted by Gasteiger charge is 2.38. The summed E-state index contributed by atoms with van der Waals surface area (Å²) in [5.74, 6) is 0.493. The molecule has 0 N–H and O–H groups in total. The number of nitrogens with zero attached hydrogens (tertiary/aromatic N) is 2. The fourth-order valence-electron chi connectivity index (χ4n) is 3.99. The van der Waals surface area contributed by atoms with Crippen LogP contribution in [0.15, 0.2) is 24.3 Å². The molecule has 126 valence electrons. The lowest BCUT2D eigenvalue weighted by molar-refractivity contribution is -0.130. The van der Waals surface area contributed by atoms with Crippen LogP contribution in [0.4, 0.5) is 4.39 Å². The van der Waals surface area contributed by atoms with Crippen LogP contribution >= 0.6 is 0 Å². The van der Waals surface area contributed by atoms with Gasteiger partial charge in [0, 0.05) is 38.2 Å². The molecule has 1 aromatic rings. The predicted octanol–water partition coefficient (Wildman–Crippen LogP) is 2.68. The molecular formula is C18H25FN2O2. The third kappa shape index (κ3) is 3.83. The van der Waals surface area contributed by atoms with Gasteiger partial charge in [-0.3, -0.25) is 9.69 Å². The van der Waals surface area contributed by atoms with Gasteiger partial charge in [0.2, 0.25) is 5.91 Å². The minimum absolute atomic E-state index is 0.190. The molecular weight excluding hydrogens is 295 g/mol. The second-order valence-electron chi connectivity index (χ2n) is 6.47. The van der Waals surface area contributed by atoms with Crippen molar-refractivity contribution in [2.45, 2.75) is 44.7 Å². The summed E-state index contributed by atoms with van der Waals surface area (Å²) in [6.45, 7) is 4.99. The molecule has 0 radical (unpaired) electrons. The summed E-state index contributed by atoms with van der Waals surface area (Å²) >= 11 is 0. The van der Waals surface area contributed by atoms with Gasteiger partial charge in [-0.25, -0.2) is 4.39 Å². The quantitative estimate of drug-likeness (QED) is 0.836. The zero-order valence-electron chi connectivity index (χ0n) is 13.7.